The number of unbranched alkanes of at least 4 members (excludes halogenated alkanes) is 4. The van der Waals surface area contributed by atoms with Gasteiger partial charge in [0.1, 0.15) is 0 Å². The van der Waals surface area contributed by atoms with Crippen molar-refractivity contribution in [1.82, 2.24) is 0 Å². The molecule has 41 heavy (non-hydrogen) atoms. The Kier molecular flexibility index (Phi) is 25.5. The summed E-state index contributed by atoms with van der Waals surface area (Å²) in [6.07, 6.45) is 5.12. The minimum Gasteiger partial charge on any atom is -0.481 e. The Hall–Kier alpha value is -3.10. The van der Waals surface area contributed by atoms with Crippen LogP contribution in [-0.2, 0) is 9.59 Å². The van der Waals surface area contributed by atoms with Crippen LogP contribution < -0.4 is 0 Å². The third-order valence-electron chi connectivity index (χ3n) is 5.75. The van der Waals surface area contributed by atoms with E-state index in [0.29, 0.717) is 19.3 Å². The van der Waals surface area contributed by atoms with Crippen molar-refractivity contribution in [2.75, 3.05) is 33.0 Å². The molecule has 1 rings (SSSR count). The first kappa shape index (κ1) is 42.4. The van der Waals surface area contributed by atoms with Gasteiger partial charge in [-0.1, -0.05) is 46.1 Å². The van der Waals surface area contributed by atoms with Crippen molar-refractivity contribution in [1.29, 1.82) is 0 Å². The number of aromatic carboxylic acids is 2. The molecule has 0 saturated carbocycles. The smallest absolute Gasteiger partial charge is 0.335 e. The summed E-state index contributed by atoms with van der Waals surface area (Å²) in [5.41, 5.74) is -1.01. The molecule has 0 amide bonds. The first-order chi connectivity index (χ1) is 19.1. The van der Waals surface area contributed by atoms with Gasteiger partial charge < -0.3 is 46.0 Å². The normalized spacial score (nSPS) is 10.5. The van der Waals surface area contributed by atoms with E-state index in [1.54, 1.807) is 13.8 Å². The van der Waals surface area contributed by atoms with Crippen LogP contribution in [-0.4, -0.2) is 103 Å². The lowest BCUT2D eigenvalue weighted by molar-refractivity contribution is -0.138. The molecular weight excluding hydrogens is 544 g/mol. The van der Waals surface area contributed by atoms with Gasteiger partial charge in [0, 0.05) is 23.7 Å². The largest absolute Gasteiger partial charge is 0.481 e. The number of aliphatic carboxylic acids is 2. The van der Waals surface area contributed by atoms with Gasteiger partial charge in [0.25, 0.3) is 0 Å². The molecule has 13 heteroatoms. The van der Waals surface area contributed by atoms with Gasteiger partial charge in [-0.25, -0.2) is 9.59 Å². The predicted molar refractivity (Wildman–Crippen MR) is 150 cm³/mol. The minimum absolute atomic E-state index is 0.0186. The van der Waals surface area contributed by atoms with Crippen LogP contribution >= 0.6 is 0 Å². The average molecular weight is 593 g/mol. The standard InChI is InChI=1S/C9H16O4.C8H6O4.C6H14O3.C5H12O2/c10-8(11)6-4-2-1-3-5-7-9(12)13;9-7(10)5-2-1-3-6(4-5)8(11)12;1-2-6(3-7,4-8)5-9;1-5(2,3-6)4-7/h1-7H2,(H,10,11)(H,12,13);1-4H,(H,9,10)(H,11,12);7-9H,2-5H2,1H3;6-7H,3-4H2,1-2H3. The van der Waals surface area contributed by atoms with E-state index in [4.69, 9.17) is 46.0 Å². The van der Waals surface area contributed by atoms with Crippen LogP contribution in [0.3, 0.4) is 0 Å². The molecule has 9 N–H and O–H groups in total. The minimum atomic E-state index is -1.13. The summed E-state index contributed by atoms with van der Waals surface area (Å²) in [7, 11) is 0. The highest BCUT2D eigenvalue weighted by Gasteiger charge is 2.24. The van der Waals surface area contributed by atoms with E-state index in [1.165, 1.54) is 18.2 Å². The highest BCUT2D eigenvalue weighted by molar-refractivity contribution is 5.93. The zero-order chi connectivity index (χ0) is 32.5. The third kappa shape index (κ3) is 24.4. The molecule has 0 bridgehead atoms. The molecule has 0 aromatic heterocycles. The van der Waals surface area contributed by atoms with Gasteiger partial charge in [0.2, 0.25) is 0 Å². The van der Waals surface area contributed by atoms with Gasteiger partial charge in [-0.05, 0) is 37.5 Å². The highest BCUT2D eigenvalue weighted by atomic mass is 16.4. The third-order valence-corrected chi connectivity index (χ3v) is 5.75. The quantitative estimate of drug-likeness (QED) is 0.125. The molecule has 0 heterocycles. The topological polar surface area (TPSA) is 250 Å². The molecule has 0 aliphatic rings. The molecule has 1 aromatic carbocycles. The molecular formula is C28H48O13. The number of aliphatic hydroxyl groups excluding tert-OH is 5. The summed E-state index contributed by atoms with van der Waals surface area (Å²) >= 11 is 0. The molecule has 13 nitrogen and oxygen atoms in total. The van der Waals surface area contributed by atoms with Gasteiger partial charge >= 0.3 is 23.9 Å². The molecule has 0 radical (unpaired) electrons. The van der Waals surface area contributed by atoms with Gasteiger partial charge in [-0.2, -0.15) is 0 Å². The number of benzene rings is 1. The molecule has 0 saturated heterocycles. The van der Waals surface area contributed by atoms with E-state index in [2.05, 4.69) is 0 Å². The molecule has 0 spiro atoms. The number of rotatable bonds is 16. The Labute approximate surface area is 240 Å². The van der Waals surface area contributed by atoms with Crippen LogP contribution in [0.5, 0.6) is 0 Å². The fourth-order valence-corrected chi connectivity index (χ4v) is 2.40. The van der Waals surface area contributed by atoms with E-state index in [0.717, 1.165) is 25.3 Å². The molecule has 0 fully saturated rings. The van der Waals surface area contributed by atoms with Crippen LogP contribution in [0.1, 0.15) is 92.9 Å². The van der Waals surface area contributed by atoms with E-state index >= 15 is 0 Å². The summed E-state index contributed by atoms with van der Waals surface area (Å²) in [5.74, 6) is -3.77. The molecule has 0 atom stereocenters. The second-order valence-corrected chi connectivity index (χ2v) is 10.1. The van der Waals surface area contributed by atoms with E-state index in [1.807, 2.05) is 6.92 Å². The Balaban J connectivity index is -0.000000482. The van der Waals surface area contributed by atoms with Crippen molar-refractivity contribution in [2.45, 2.75) is 72.1 Å². The van der Waals surface area contributed by atoms with Crippen LogP contribution in [0.25, 0.3) is 0 Å². The Morgan fingerprint density at radius 3 is 1.15 bits per heavy atom. The number of carboxylic acids is 4. The maximum absolute atomic E-state index is 10.4. The Morgan fingerprint density at radius 1 is 0.610 bits per heavy atom. The van der Waals surface area contributed by atoms with E-state index < -0.39 is 29.3 Å². The monoisotopic (exact) mass is 592 g/mol. The average Bonchev–Trinajstić information content (AvgIpc) is 2.95. The predicted octanol–water partition coefficient (Wildman–Crippen LogP) is 2.33. The van der Waals surface area contributed by atoms with Gasteiger partial charge in [-0.3, -0.25) is 9.59 Å². The van der Waals surface area contributed by atoms with Crippen LogP contribution in [0.15, 0.2) is 24.3 Å². The van der Waals surface area contributed by atoms with Crippen LogP contribution in [0.2, 0.25) is 0 Å². The molecule has 1 aromatic rings. The zero-order valence-electron chi connectivity index (χ0n) is 24.2. The van der Waals surface area contributed by atoms with Crippen molar-refractivity contribution in [2.24, 2.45) is 10.8 Å². The fourth-order valence-electron chi connectivity index (χ4n) is 2.40. The van der Waals surface area contributed by atoms with Crippen LogP contribution in [0, 0.1) is 10.8 Å². The lowest BCUT2D eigenvalue weighted by Crippen LogP contribution is -2.32. The lowest BCUT2D eigenvalue weighted by Gasteiger charge is -2.24. The van der Waals surface area contributed by atoms with Crippen molar-refractivity contribution >= 4 is 23.9 Å². The molecule has 0 aliphatic heterocycles. The van der Waals surface area contributed by atoms with Gasteiger partial charge in [0.15, 0.2) is 0 Å². The zero-order valence-corrected chi connectivity index (χ0v) is 24.2. The van der Waals surface area contributed by atoms with Crippen molar-refractivity contribution in [3.63, 3.8) is 0 Å². The number of hydrogen-bond acceptors (Lipinski definition) is 9. The summed E-state index contributed by atoms with van der Waals surface area (Å²) < 4.78 is 0. The number of hydrogen-bond donors (Lipinski definition) is 9. The number of carboxylic acid groups (broad SMARTS) is 4. The fraction of sp³-hybridized carbons (Fsp3) is 0.643. The second-order valence-electron chi connectivity index (χ2n) is 10.1. The first-order valence-corrected chi connectivity index (χ1v) is 13.1. The summed E-state index contributed by atoms with van der Waals surface area (Å²) in [6.45, 7) is 5.04. The second kappa shape index (κ2) is 24.7. The highest BCUT2D eigenvalue weighted by Crippen LogP contribution is 2.18. The summed E-state index contributed by atoms with van der Waals surface area (Å²) in [4.78, 5) is 41.0. The summed E-state index contributed by atoms with van der Waals surface area (Å²) in [6, 6.07) is 5.20. The van der Waals surface area contributed by atoms with Gasteiger partial charge in [0.05, 0.1) is 44.2 Å². The Morgan fingerprint density at radius 2 is 0.951 bits per heavy atom. The maximum atomic E-state index is 10.4. The van der Waals surface area contributed by atoms with Gasteiger partial charge in [-0.15, -0.1) is 0 Å². The maximum Gasteiger partial charge on any atom is 0.335 e. The number of carbonyl (C=O) groups is 4. The van der Waals surface area contributed by atoms with E-state index in [-0.39, 0.29) is 62.4 Å². The first-order valence-electron chi connectivity index (χ1n) is 13.1. The van der Waals surface area contributed by atoms with Crippen molar-refractivity contribution in [3.05, 3.63) is 35.4 Å². The van der Waals surface area contributed by atoms with Crippen molar-refractivity contribution < 1.29 is 65.1 Å². The lowest BCUT2D eigenvalue weighted by atomic mass is 9.88. The SMILES string of the molecule is CC(C)(CO)CO.CCC(CO)(CO)CO.O=C(O)CCCCCCCC(=O)O.O=C(O)c1cccc(C(=O)O)c1. The molecule has 0 unspecified atom stereocenters. The van der Waals surface area contributed by atoms with Crippen LogP contribution in [0.4, 0.5) is 0 Å². The van der Waals surface area contributed by atoms with Crippen molar-refractivity contribution in [3.8, 4) is 0 Å². The Bertz CT molecular complexity index is 794. The molecule has 0 aliphatic carbocycles. The summed E-state index contributed by atoms with van der Waals surface area (Å²) in [5, 5.41) is 76.5. The van der Waals surface area contributed by atoms with E-state index in [9.17, 15) is 19.2 Å². The number of aliphatic hydroxyl groups is 5. The molecule has 238 valence electrons.